The van der Waals surface area contributed by atoms with E-state index in [1.807, 2.05) is 0 Å². The zero-order valence-corrected chi connectivity index (χ0v) is 19.1. The Morgan fingerprint density at radius 1 is 0.412 bits per heavy atom. The minimum Gasteiger partial charge on any atom is -0.0622 e. The van der Waals surface area contributed by atoms with E-state index in [2.05, 4.69) is 127 Å². The average Bonchev–Trinajstić information content (AvgIpc) is 3.41. The van der Waals surface area contributed by atoms with Crippen LogP contribution < -0.4 is 0 Å². The number of benzene rings is 5. The topological polar surface area (TPSA) is 0 Å². The van der Waals surface area contributed by atoms with Crippen LogP contribution in [0.3, 0.4) is 0 Å². The number of hydrogen-bond donors (Lipinski definition) is 0. The average molecular weight is 435 g/mol. The first-order chi connectivity index (χ1) is 16.9. The highest BCUT2D eigenvalue weighted by Gasteiger charge is 2.38. The molecule has 2 aliphatic rings. The quantitative estimate of drug-likeness (QED) is 0.265. The molecule has 1 atom stereocenters. The van der Waals surface area contributed by atoms with E-state index >= 15 is 0 Å². The van der Waals surface area contributed by atoms with Crippen LogP contribution in [-0.2, 0) is 0 Å². The fourth-order valence-electron chi connectivity index (χ4n) is 6.56. The minimum atomic E-state index is 0.356. The van der Waals surface area contributed by atoms with Crippen molar-refractivity contribution in [3.8, 4) is 22.3 Å². The summed E-state index contributed by atoms with van der Waals surface area (Å²) in [5.74, 6) is 1.14. The van der Waals surface area contributed by atoms with Gasteiger partial charge in [0.25, 0.3) is 0 Å². The first-order valence-corrected chi connectivity index (χ1v) is 12.3. The highest BCUT2D eigenvalue weighted by molar-refractivity contribution is 5.80. The summed E-state index contributed by atoms with van der Waals surface area (Å²) in [6, 6.07) is 47.3. The van der Waals surface area contributed by atoms with Gasteiger partial charge in [-0.3, -0.25) is 0 Å². The van der Waals surface area contributed by atoms with Crippen molar-refractivity contribution >= 4 is 0 Å². The lowest BCUT2D eigenvalue weighted by atomic mass is 9.73. The Hall–Kier alpha value is -3.90. The lowest BCUT2D eigenvalue weighted by Crippen LogP contribution is -2.14. The molecule has 0 fully saturated rings. The summed E-state index contributed by atoms with van der Waals surface area (Å²) < 4.78 is 0. The van der Waals surface area contributed by atoms with Crippen LogP contribution in [-0.4, -0.2) is 0 Å². The number of fused-ring (bicyclic) bond motifs is 6. The van der Waals surface area contributed by atoms with Gasteiger partial charge < -0.3 is 0 Å². The van der Waals surface area contributed by atoms with E-state index in [1.54, 1.807) is 0 Å². The molecule has 162 valence electrons. The van der Waals surface area contributed by atoms with Crippen LogP contribution >= 0.6 is 0 Å². The molecular weight excluding hydrogens is 408 g/mol. The summed E-state index contributed by atoms with van der Waals surface area (Å²) in [6.45, 7) is 0. The normalized spacial score (nSPS) is 14.8. The van der Waals surface area contributed by atoms with Crippen LogP contribution in [0.25, 0.3) is 22.3 Å². The van der Waals surface area contributed by atoms with Gasteiger partial charge in [0.15, 0.2) is 0 Å². The molecule has 0 saturated heterocycles. The van der Waals surface area contributed by atoms with Crippen molar-refractivity contribution in [2.45, 2.75) is 24.2 Å². The maximum absolute atomic E-state index is 2.35. The van der Waals surface area contributed by atoms with Crippen LogP contribution in [0, 0.1) is 0 Å². The molecule has 34 heavy (non-hydrogen) atoms. The Bertz CT molecular complexity index is 1400. The Balaban J connectivity index is 1.41. The number of rotatable bonds is 4. The van der Waals surface area contributed by atoms with Crippen LogP contribution in [0.4, 0.5) is 0 Å². The van der Waals surface area contributed by atoms with Gasteiger partial charge in [0.2, 0.25) is 0 Å². The van der Waals surface area contributed by atoms with Gasteiger partial charge in [-0.2, -0.15) is 0 Å². The Morgan fingerprint density at radius 2 is 0.794 bits per heavy atom. The molecule has 5 aromatic carbocycles. The third-order valence-corrected chi connectivity index (χ3v) is 7.96. The summed E-state index contributed by atoms with van der Waals surface area (Å²) >= 11 is 0. The van der Waals surface area contributed by atoms with Gasteiger partial charge in [0.1, 0.15) is 0 Å². The van der Waals surface area contributed by atoms with E-state index in [-0.39, 0.29) is 0 Å². The number of hydrogen-bond acceptors (Lipinski definition) is 0. The molecule has 7 rings (SSSR count). The first-order valence-electron chi connectivity index (χ1n) is 12.3. The fraction of sp³-hybridized carbons (Fsp3) is 0.118. The van der Waals surface area contributed by atoms with Crippen LogP contribution in [0.1, 0.15) is 52.0 Å². The van der Waals surface area contributed by atoms with Crippen LogP contribution in [0.2, 0.25) is 0 Å². The molecule has 0 saturated carbocycles. The summed E-state index contributed by atoms with van der Waals surface area (Å²) in [5.41, 5.74) is 12.9. The summed E-state index contributed by atoms with van der Waals surface area (Å²) in [6.07, 6.45) is 1.09. The van der Waals surface area contributed by atoms with E-state index in [0.717, 1.165) is 6.42 Å². The highest BCUT2D eigenvalue weighted by atomic mass is 14.4. The molecule has 0 heterocycles. The smallest absolute Gasteiger partial charge is 0.0171 e. The highest BCUT2D eigenvalue weighted by Crippen LogP contribution is 2.56. The summed E-state index contributed by atoms with van der Waals surface area (Å²) in [7, 11) is 0. The molecule has 0 spiro atoms. The second-order valence-corrected chi connectivity index (χ2v) is 9.63. The minimum absolute atomic E-state index is 0.356. The molecule has 0 aromatic heterocycles. The van der Waals surface area contributed by atoms with Crippen molar-refractivity contribution in [2.24, 2.45) is 0 Å². The van der Waals surface area contributed by atoms with Gasteiger partial charge in [0, 0.05) is 11.8 Å². The molecule has 0 N–H and O–H groups in total. The molecule has 0 radical (unpaired) electrons. The standard InChI is InChI=1S/C34H26/c1-2-12-23(13-3-1)32(34-30-20-10-8-16-26(30)27-17-9-11-21-31(27)34)22-33-28-18-6-4-14-24(28)25-15-5-7-19-29(25)33/h1-21,32-34H,22H2. The van der Waals surface area contributed by atoms with Gasteiger partial charge in [-0.1, -0.05) is 127 Å². The van der Waals surface area contributed by atoms with Crippen molar-refractivity contribution in [3.63, 3.8) is 0 Å². The van der Waals surface area contributed by atoms with E-state index in [9.17, 15) is 0 Å². The Morgan fingerprint density at radius 3 is 1.29 bits per heavy atom. The SMILES string of the molecule is c1ccc(C(CC2c3ccccc3-c3ccccc32)C2c3ccccc3-c3ccccc32)cc1. The van der Waals surface area contributed by atoms with Crippen molar-refractivity contribution in [2.75, 3.05) is 0 Å². The third kappa shape index (κ3) is 2.92. The zero-order chi connectivity index (χ0) is 22.5. The fourth-order valence-corrected chi connectivity index (χ4v) is 6.56. The molecule has 1 unspecified atom stereocenters. The summed E-state index contributed by atoms with van der Waals surface area (Å²) in [5, 5.41) is 0. The molecule has 0 heteroatoms. The molecule has 2 aliphatic carbocycles. The lowest BCUT2D eigenvalue weighted by molar-refractivity contribution is 0.535. The van der Waals surface area contributed by atoms with Crippen molar-refractivity contribution in [1.82, 2.24) is 0 Å². The third-order valence-electron chi connectivity index (χ3n) is 7.96. The van der Waals surface area contributed by atoms with Crippen molar-refractivity contribution in [3.05, 3.63) is 155 Å². The molecule has 0 aliphatic heterocycles. The predicted octanol–water partition coefficient (Wildman–Crippen LogP) is 8.79. The Labute approximate surface area is 201 Å². The predicted molar refractivity (Wildman–Crippen MR) is 141 cm³/mol. The lowest BCUT2D eigenvalue weighted by Gasteiger charge is -2.29. The monoisotopic (exact) mass is 434 g/mol. The molecule has 0 nitrogen and oxygen atoms in total. The van der Waals surface area contributed by atoms with Gasteiger partial charge in [-0.15, -0.1) is 0 Å². The van der Waals surface area contributed by atoms with Crippen molar-refractivity contribution in [1.29, 1.82) is 0 Å². The van der Waals surface area contributed by atoms with E-state index in [0.29, 0.717) is 17.8 Å². The van der Waals surface area contributed by atoms with Gasteiger partial charge in [-0.25, -0.2) is 0 Å². The maximum Gasteiger partial charge on any atom is 0.0171 e. The molecule has 0 bridgehead atoms. The van der Waals surface area contributed by atoms with Gasteiger partial charge >= 0.3 is 0 Å². The van der Waals surface area contributed by atoms with Gasteiger partial charge in [0.05, 0.1) is 0 Å². The van der Waals surface area contributed by atoms with Crippen LogP contribution in [0.5, 0.6) is 0 Å². The van der Waals surface area contributed by atoms with E-state index in [1.165, 1.54) is 50.1 Å². The second kappa shape index (κ2) is 7.85. The van der Waals surface area contributed by atoms with Crippen LogP contribution in [0.15, 0.2) is 127 Å². The zero-order valence-electron chi connectivity index (χ0n) is 19.1. The van der Waals surface area contributed by atoms with Crippen molar-refractivity contribution < 1.29 is 0 Å². The van der Waals surface area contributed by atoms with E-state index < -0.39 is 0 Å². The molecule has 0 amide bonds. The molecule has 5 aromatic rings. The van der Waals surface area contributed by atoms with Gasteiger partial charge in [-0.05, 0) is 62.4 Å². The maximum atomic E-state index is 2.35. The van der Waals surface area contributed by atoms with E-state index in [4.69, 9.17) is 0 Å². The second-order valence-electron chi connectivity index (χ2n) is 9.63. The molecular formula is C34H26. The Kier molecular flexibility index (Phi) is 4.52. The largest absolute Gasteiger partial charge is 0.0622 e. The first kappa shape index (κ1) is 19.6. The summed E-state index contributed by atoms with van der Waals surface area (Å²) in [4.78, 5) is 0.